The Kier molecular flexibility index (Phi) is 15.0. The lowest BCUT2D eigenvalue weighted by Gasteiger charge is -2.28. The van der Waals surface area contributed by atoms with E-state index in [1.807, 2.05) is 33.8 Å². The maximum Gasteiger partial charge on any atom is 0.165 e. The van der Waals surface area contributed by atoms with Gasteiger partial charge in [-0.3, -0.25) is 9.50 Å². The van der Waals surface area contributed by atoms with Gasteiger partial charge in [-0.2, -0.15) is 0 Å². The van der Waals surface area contributed by atoms with Crippen LogP contribution in [0.15, 0.2) is 58.8 Å². The molecular formula is C35H52FNO. The van der Waals surface area contributed by atoms with Crippen molar-refractivity contribution in [1.82, 2.24) is 4.90 Å². The molecule has 3 aliphatic rings. The van der Waals surface area contributed by atoms with E-state index in [4.69, 9.17) is 0 Å². The van der Waals surface area contributed by atoms with Gasteiger partial charge >= 0.3 is 0 Å². The summed E-state index contributed by atoms with van der Waals surface area (Å²) in [6, 6.07) is 6.56. The van der Waals surface area contributed by atoms with Gasteiger partial charge in [0.15, 0.2) is 5.78 Å². The van der Waals surface area contributed by atoms with Crippen molar-refractivity contribution < 1.29 is 9.50 Å². The van der Waals surface area contributed by atoms with Crippen molar-refractivity contribution in [3.05, 3.63) is 75.5 Å². The van der Waals surface area contributed by atoms with Gasteiger partial charge in [-0.15, -0.1) is 12.3 Å². The number of likely N-dealkylation sites (N-methyl/N-ethyl adjacent to an activating group) is 1. The molecule has 0 radical (unpaired) electrons. The number of ketones is 1. The van der Waals surface area contributed by atoms with Crippen LogP contribution in [0.3, 0.4) is 0 Å². The van der Waals surface area contributed by atoms with Gasteiger partial charge in [-0.05, 0) is 87.4 Å². The molecule has 2 nitrogen and oxygen atoms in total. The van der Waals surface area contributed by atoms with Crippen LogP contribution in [0.25, 0.3) is 6.08 Å². The smallest absolute Gasteiger partial charge is 0.165 e. The minimum atomic E-state index is -0.447. The molecule has 1 aromatic rings. The first-order valence-electron chi connectivity index (χ1n) is 14.0. The van der Waals surface area contributed by atoms with Crippen LogP contribution in [0, 0.1) is 18.3 Å². The third kappa shape index (κ3) is 8.59. The standard InChI is InChI=1S/C24H29NO.C6H12.C3H4.C2H6.FH/c1-15-12-20(14-22(25(6)7)17(3)16(15)2)18-8-10-21-19(13-18)9-11-23(26)24(21,4)5;1-2-6-4-3-5-6;1-3-2;1-2;/h8-14,20H,1-7H3;6H,2-5H2,1H3;1H,2H3;1-2H3;1H. The Morgan fingerprint density at radius 2 is 1.61 bits per heavy atom. The molecule has 1 fully saturated rings. The van der Waals surface area contributed by atoms with Gasteiger partial charge in [0.05, 0.1) is 5.41 Å². The van der Waals surface area contributed by atoms with Gasteiger partial charge in [-0.25, -0.2) is 0 Å². The summed E-state index contributed by atoms with van der Waals surface area (Å²) in [4.78, 5) is 14.4. The normalized spacial score (nSPS) is 19.0. The summed E-state index contributed by atoms with van der Waals surface area (Å²) in [5.74, 6) is 3.76. The van der Waals surface area contributed by atoms with Crippen LogP contribution < -0.4 is 0 Å². The van der Waals surface area contributed by atoms with Crippen molar-refractivity contribution in [3.63, 3.8) is 0 Å². The molecule has 0 heterocycles. The van der Waals surface area contributed by atoms with E-state index in [1.54, 1.807) is 13.0 Å². The average molecular weight is 522 g/mol. The maximum absolute atomic E-state index is 12.2. The first kappa shape index (κ1) is 35.1. The van der Waals surface area contributed by atoms with Crippen molar-refractivity contribution in [3.8, 4) is 12.3 Å². The number of fused-ring (bicyclic) bond motifs is 1. The molecule has 3 heteroatoms. The van der Waals surface area contributed by atoms with Crippen LogP contribution >= 0.6 is 0 Å². The van der Waals surface area contributed by atoms with E-state index in [1.165, 1.54) is 53.7 Å². The number of hydrogen-bond acceptors (Lipinski definition) is 2. The number of terminal acetylenes is 1. The third-order valence-corrected chi connectivity index (χ3v) is 7.75. The minimum absolute atomic E-state index is 0. The zero-order valence-electron chi connectivity index (χ0n) is 25.9. The Hall–Kier alpha value is -2.86. The second kappa shape index (κ2) is 16.2. The first-order valence-corrected chi connectivity index (χ1v) is 14.0. The number of nitrogens with zero attached hydrogens (tertiary/aromatic N) is 1. The maximum atomic E-state index is 12.2. The van der Waals surface area contributed by atoms with Gasteiger partial charge in [0.2, 0.25) is 0 Å². The summed E-state index contributed by atoms with van der Waals surface area (Å²) in [5.41, 5.74) is 8.35. The zero-order chi connectivity index (χ0) is 28.3. The largest absolute Gasteiger partial charge is 0.378 e. The van der Waals surface area contributed by atoms with Gasteiger partial charge in [0.25, 0.3) is 0 Å². The number of carbonyl (C=O) groups is 1. The molecule has 38 heavy (non-hydrogen) atoms. The monoisotopic (exact) mass is 521 g/mol. The molecule has 1 aromatic carbocycles. The summed E-state index contributed by atoms with van der Waals surface area (Å²) in [5, 5.41) is 0. The van der Waals surface area contributed by atoms with Crippen LogP contribution in [0.4, 0.5) is 4.70 Å². The molecule has 1 saturated carbocycles. The summed E-state index contributed by atoms with van der Waals surface area (Å²) in [6.07, 6.45) is 18.9. The zero-order valence-corrected chi connectivity index (χ0v) is 25.9. The molecule has 210 valence electrons. The quantitative estimate of drug-likeness (QED) is 0.369. The highest BCUT2D eigenvalue weighted by molar-refractivity contribution is 6.04. The Labute approximate surface area is 233 Å². The number of allylic oxidation sites excluding steroid dienone is 6. The number of hydrogen-bond donors (Lipinski definition) is 0. The van der Waals surface area contributed by atoms with Gasteiger partial charge in [0, 0.05) is 25.7 Å². The van der Waals surface area contributed by atoms with Crippen LogP contribution in [-0.2, 0) is 10.2 Å². The number of rotatable bonds is 3. The number of benzene rings is 1. The van der Waals surface area contributed by atoms with E-state index in [0.717, 1.165) is 17.0 Å². The van der Waals surface area contributed by atoms with E-state index >= 15 is 0 Å². The molecule has 0 aliphatic heterocycles. The van der Waals surface area contributed by atoms with Crippen molar-refractivity contribution in [1.29, 1.82) is 0 Å². The molecule has 4 rings (SSSR count). The highest BCUT2D eigenvalue weighted by Crippen LogP contribution is 2.37. The molecule has 0 N–H and O–H groups in total. The van der Waals surface area contributed by atoms with Crippen molar-refractivity contribution in [2.24, 2.45) is 5.92 Å². The molecule has 0 spiro atoms. The molecule has 1 unspecified atom stereocenters. The van der Waals surface area contributed by atoms with E-state index < -0.39 is 5.41 Å². The minimum Gasteiger partial charge on any atom is -0.378 e. The summed E-state index contributed by atoms with van der Waals surface area (Å²) < 4.78 is 0. The molecule has 1 atom stereocenters. The summed E-state index contributed by atoms with van der Waals surface area (Å²) in [6.45, 7) is 18.5. The molecular weight excluding hydrogens is 469 g/mol. The lowest BCUT2D eigenvalue weighted by molar-refractivity contribution is -0.118. The predicted octanol–water partition coefficient (Wildman–Crippen LogP) is 9.40. The van der Waals surface area contributed by atoms with Crippen molar-refractivity contribution in [2.45, 2.75) is 99.3 Å². The van der Waals surface area contributed by atoms with Crippen LogP contribution in [-0.4, -0.2) is 24.8 Å². The first-order chi connectivity index (χ1) is 17.5. The highest BCUT2D eigenvalue weighted by Gasteiger charge is 2.32. The average Bonchev–Trinajstić information content (AvgIpc) is 2.95. The second-order valence-electron chi connectivity index (χ2n) is 10.7. The van der Waals surface area contributed by atoms with Crippen LogP contribution in [0.5, 0.6) is 0 Å². The van der Waals surface area contributed by atoms with E-state index in [2.05, 4.69) is 89.4 Å². The Bertz CT molecular complexity index is 1080. The van der Waals surface area contributed by atoms with E-state index in [-0.39, 0.29) is 16.4 Å². The fourth-order valence-electron chi connectivity index (χ4n) is 4.81. The predicted molar refractivity (Wildman–Crippen MR) is 166 cm³/mol. The fourth-order valence-corrected chi connectivity index (χ4v) is 4.81. The molecule has 0 aromatic heterocycles. The van der Waals surface area contributed by atoms with Gasteiger partial charge < -0.3 is 4.90 Å². The fraction of sp³-hybridized carbons (Fsp3) is 0.514. The number of carbonyl (C=O) groups excluding carboxylic acids is 1. The number of halogens is 1. The van der Waals surface area contributed by atoms with Crippen molar-refractivity contribution >= 4 is 11.9 Å². The van der Waals surface area contributed by atoms with Crippen LogP contribution in [0.2, 0.25) is 0 Å². The SMILES string of the molecule is C#CC.CC.CC1=CC(c2ccc3c(c2)C=CC(=O)C3(C)C)C=C(N(C)C)C(C)=C1C.CCC1CCC1.F. The molecule has 0 amide bonds. The van der Waals surface area contributed by atoms with E-state index in [9.17, 15) is 4.79 Å². The van der Waals surface area contributed by atoms with Crippen LogP contribution in [0.1, 0.15) is 111 Å². The van der Waals surface area contributed by atoms with E-state index in [0.29, 0.717) is 0 Å². The lowest BCUT2D eigenvalue weighted by Crippen LogP contribution is -2.30. The van der Waals surface area contributed by atoms with Gasteiger partial charge in [0.1, 0.15) is 0 Å². The summed E-state index contributed by atoms with van der Waals surface area (Å²) >= 11 is 0. The lowest BCUT2D eigenvalue weighted by atomic mass is 9.74. The Morgan fingerprint density at radius 1 is 1.03 bits per heavy atom. The highest BCUT2D eigenvalue weighted by atomic mass is 19.0. The topological polar surface area (TPSA) is 20.3 Å². The van der Waals surface area contributed by atoms with Crippen molar-refractivity contribution in [2.75, 3.05) is 14.1 Å². The molecule has 0 saturated heterocycles. The molecule has 3 aliphatic carbocycles. The Morgan fingerprint density at radius 3 is 2.05 bits per heavy atom. The Balaban J connectivity index is 0.000000964. The molecule has 0 bridgehead atoms. The summed E-state index contributed by atoms with van der Waals surface area (Å²) in [7, 11) is 4.20. The van der Waals surface area contributed by atoms with Gasteiger partial charge in [-0.1, -0.05) is 82.4 Å². The second-order valence-corrected chi connectivity index (χ2v) is 10.7. The third-order valence-electron chi connectivity index (χ3n) is 7.75.